The van der Waals surface area contributed by atoms with Gasteiger partial charge in [-0.15, -0.1) is 12.4 Å². The van der Waals surface area contributed by atoms with Gasteiger partial charge in [0.05, 0.1) is 10.6 Å². The first-order chi connectivity index (χ1) is 12.3. The van der Waals surface area contributed by atoms with Gasteiger partial charge in [0.1, 0.15) is 0 Å². The van der Waals surface area contributed by atoms with Gasteiger partial charge in [-0.2, -0.15) is 0 Å². The largest absolute Gasteiger partial charge is 0.340 e. The van der Waals surface area contributed by atoms with E-state index in [1.54, 1.807) is 55.4 Å². The molecule has 1 amide bonds. The molecule has 0 aromatic heterocycles. The van der Waals surface area contributed by atoms with Crippen LogP contribution >= 0.6 is 24.0 Å². The van der Waals surface area contributed by atoms with E-state index in [4.69, 9.17) is 11.6 Å². The number of hydrogen-bond acceptors (Lipinski definition) is 4. The number of anilines is 1. The summed E-state index contributed by atoms with van der Waals surface area (Å²) in [5.41, 5.74) is 0.768. The van der Waals surface area contributed by atoms with Gasteiger partial charge in [0.25, 0.3) is 15.9 Å². The summed E-state index contributed by atoms with van der Waals surface area (Å²) < 4.78 is 27.0. The van der Waals surface area contributed by atoms with Crippen LogP contribution in [0.4, 0.5) is 5.69 Å². The highest BCUT2D eigenvalue weighted by atomic mass is 35.5. The van der Waals surface area contributed by atoms with Gasteiger partial charge in [0.15, 0.2) is 0 Å². The molecule has 0 saturated carbocycles. The number of benzene rings is 2. The minimum Gasteiger partial charge on any atom is -0.340 e. The summed E-state index contributed by atoms with van der Waals surface area (Å²) in [6, 6.07) is 12.6. The number of halogens is 2. The fourth-order valence-corrected chi connectivity index (χ4v) is 3.78. The number of amides is 1. The summed E-state index contributed by atoms with van der Waals surface area (Å²) in [5, 5.41) is 3.42. The monoisotopic (exact) mass is 431 g/mol. The topological polar surface area (TPSA) is 69.7 Å². The lowest BCUT2D eigenvalue weighted by Crippen LogP contribution is -2.33. The normalized spacial score (nSPS) is 10.8. The smallest absolute Gasteiger partial charge is 0.264 e. The first kappa shape index (κ1) is 23.2. The van der Waals surface area contributed by atoms with Crippen LogP contribution in [0.1, 0.15) is 10.4 Å². The van der Waals surface area contributed by atoms with E-state index in [1.807, 2.05) is 0 Å². The summed E-state index contributed by atoms with van der Waals surface area (Å²) in [6.45, 7) is 1.17. The zero-order valence-corrected chi connectivity index (χ0v) is 17.7. The van der Waals surface area contributed by atoms with E-state index in [-0.39, 0.29) is 23.2 Å². The fraction of sp³-hybridized carbons (Fsp3) is 0.278. The van der Waals surface area contributed by atoms with Crippen molar-refractivity contribution in [2.45, 2.75) is 4.90 Å². The molecule has 0 fully saturated rings. The standard InChI is InChI=1S/C18H22ClN3O3S.ClH/c1-20-10-11-21(2)18(23)14-6-4-9-17(12-14)26(24,25)22(3)16-8-5-7-15(19)13-16;/h4-9,12-13,20H,10-11H2,1-3H3;1H. The maximum absolute atomic E-state index is 12.9. The second-order valence-electron chi connectivity index (χ2n) is 5.81. The third-order valence-corrected chi connectivity index (χ3v) is 5.97. The number of sulfonamides is 1. The number of hydrogen-bond donors (Lipinski definition) is 1. The van der Waals surface area contributed by atoms with Gasteiger partial charge in [0.2, 0.25) is 0 Å². The first-order valence-corrected chi connectivity index (χ1v) is 9.84. The highest BCUT2D eigenvalue weighted by molar-refractivity contribution is 7.92. The average Bonchev–Trinajstić information content (AvgIpc) is 2.64. The Morgan fingerprint density at radius 3 is 2.41 bits per heavy atom. The molecule has 0 aliphatic carbocycles. The average molecular weight is 432 g/mol. The molecular formula is C18H23Cl2N3O3S. The summed E-state index contributed by atoms with van der Waals surface area (Å²) in [7, 11) is 1.12. The van der Waals surface area contributed by atoms with E-state index in [0.29, 0.717) is 29.4 Å². The van der Waals surface area contributed by atoms with E-state index in [0.717, 1.165) is 4.31 Å². The molecule has 2 aromatic rings. The molecule has 0 heterocycles. The number of nitrogens with zero attached hydrogens (tertiary/aromatic N) is 2. The summed E-state index contributed by atoms with van der Waals surface area (Å²) in [6.07, 6.45) is 0. The predicted octanol–water partition coefficient (Wildman–Crippen LogP) is 2.88. The lowest BCUT2D eigenvalue weighted by Gasteiger charge is -2.21. The number of rotatable bonds is 7. The third kappa shape index (κ3) is 5.59. The van der Waals surface area contributed by atoms with Gasteiger partial charge in [-0.3, -0.25) is 9.10 Å². The van der Waals surface area contributed by atoms with Gasteiger partial charge < -0.3 is 10.2 Å². The van der Waals surface area contributed by atoms with Crippen molar-refractivity contribution in [1.82, 2.24) is 10.2 Å². The number of nitrogens with one attached hydrogen (secondary N) is 1. The van der Waals surface area contributed by atoms with E-state index in [9.17, 15) is 13.2 Å². The molecule has 6 nitrogen and oxygen atoms in total. The van der Waals surface area contributed by atoms with Crippen molar-refractivity contribution in [1.29, 1.82) is 0 Å². The van der Waals surface area contributed by atoms with Gasteiger partial charge >= 0.3 is 0 Å². The Kier molecular flexibility index (Phi) is 8.56. The van der Waals surface area contributed by atoms with Crippen molar-refractivity contribution in [3.8, 4) is 0 Å². The minimum atomic E-state index is -3.82. The quantitative estimate of drug-likeness (QED) is 0.731. The highest BCUT2D eigenvalue weighted by Gasteiger charge is 2.23. The van der Waals surface area contributed by atoms with Crippen molar-refractivity contribution < 1.29 is 13.2 Å². The molecule has 27 heavy (non-hydrogen) atoms. The predicted molar refractivity (Wildman–Crippen MR) is 112 cm³/mol. The molecule has 0 aliphatic rings. The molecular weight excluding hydrogens is 409 g/mol. The molecule has 0 bridgehead atoms. The lowest BCUT2D eigenvalue weighted by atomic mass is 10.2. The second kappa shape index (κ2) is 9.94. The zero-order chi connectivity index (χ0) is 19.3. The Balaban J connectivity index is 0.00000364. The van der Waals surface area contributed by atoms with Crippen LogP contribution in [-0.2, 0) is 10.0 Å². The Hall–Kier alpha value is -1.80. The molecule has 0 saturated heterocycles. The van der Waals surface area contributed by atoms with Gasteiger partial charge in [-0.1, -0.05) is 23.7 Å². The van der Waals surface area contributed by atoms with Crippen LogP contribution in [0.3, 0.4) is 0 Å². The SMILES string of the molecule is CNCCN(C)C(=O)c1cccc(S(=O)(=O)N(C)c2cccc(Cl)c2)c1.Cl. The molecule has 0 aliphatic heterocycles. The zero-order valence-electron chi connectivity index (χ0n) is 15.3. The highest BCUT2D eigenvalue weighted by Crippen LogP contribution is 2.25. The molecule has 2 aromatic carbocycles. The van der Waals surface area contributed by atoms with E-state index < -0.39 is 10.0 Å². The number of carbonyl (C=O) groups excluding carboxylic acids is 1. The number of carbonyl (C=O) groups is 1. The Morgan fingerprint density at radius 2 is 1.78 bits per heavy atom. The molecule has 0 atom stereocenters. The first-order valence-electron chi connectivity index (χ1n) is 8.02. The van der Waals surface area contributed by atoms with E-state index in [2.05, 4.69) is 5.32 Å². The molecule has 1 N–H and O–H groups in total. The second-order valence-corrected chi connectivity index (χ2v) is 8.22. The maximum atomic E-state index is 12.9. The molecule has 2 rings (SSSR count). The maximum Gasteiger partial charge on any atom is 0.264 e. The number of likely N-dealkylation sites (N-methyl/N-ethyl adjacent to an activating group) is 2. The van der Waals surface area contributed by atoms with Crippen LogP contribution in [0.15, 0.2) is 53.4 Å². The van der Waals surface area contributed by atoms with Crippen LogP contribution in [0, 0.1) is 0 Å². The summed E-state index contributed by atoms with van der Waals surface area (Å²) in [5.74, 6) is -0.234. The van der Waals surface area contributed by atoms with Crippen LogP contribution in [0.2, 0.25) is 5.02 Å². The Labute approximate surface area is 171 Å². The molecule has 0 unspecified atom stereocenters. The van der Waals surface area contributed by atoms with Crippen LogP contribution in [0.5, 0.6) is 0 Å². The molecule has 148 valence electrons. The van der Waals surface area contributed by atoms with Crippen LogP contribution in [0.25, 0.3) is 0 Å². The van der Waals surface area contributed by atoms with Crippen molar-refractivity contribution in [2.75, 3.05) is 38.5 Å². The van der Waals surface area contributed by atoms with Crippen molar-refractivity contribution in [3.05, 3.63) is 59.1 Å². The van der Waals surface area contributed by atoms with E-state index in [1.165, 1.54) is 19.2 Å². The third-order valence-electron chi connectivity index (χ3n) is 3.96. The summed E-state index contributed by atoms with van der Waals surface area (Å²) >= 11 is 5.95. The Bertz CT molecular complexity index is 891. The van der Waals surface area contributed by atoms with Gasteiger partial charge in [0, 0.05) is 37.8 Å². The Morgan fingerprint density at radius 1 is 1.11 bits per heavy atom. The molecule has 0 spiro atoms. The van der Waals surface area contributed by atoms with Gasteiger partial charge in [-0.25, -0.2) is 8.42 Å². The van der Waals surface area contributed by atoms with Gasteiger partial charge in [-0.05, 0) is 43.4 Å². The molecule has 9 heteroatoms. The minimum absolute atomic E-state index is 0. The van der Waals surface area contributed by atoms with Crippen LogP contribution < -0.4 is 9.62 Å². The van der Waals surface area contributed by atoms with Crippen molar-refractivity contribution >= 4 is 45.6 Å². The molecule has 0 radical (unpaired) electrons. The fourth-order valence-electron chi connectivity index (χ4n) is 2.36. The van der Waals surface area contributed by atoms with Crippen molar-refractivity contribution in [2.24, 2.45) is 0 Å². The summed E-state index contributed by atoms with van der Waals surface area (Å²) in [4.78, 5) is 14.1. The lowest BCUT2D eigenvalue weighted by molar-refractivity contribution is 0.0796. The van der Waals surface area contributed by atoms with Crippen LogP contribution in [-0.4, -0.2) is 53.5 Å². The van der Waals surface area contributed by atoms with E-state index >= 15 is 0 Å². The van der Waals surface area contributed by atoms with Crippen molar-refractivity contribution in [3.63, 3.8) is 0 Å².